The van der Waals surface area contributed by atoms with Crippen LogP contribution >= 0.6 is 15.9 Å². The third-order valence-electron chi connectivity index (χ3n) is 3.65. The molecule has 0 aliphatic carbocycles. The van der Waals surface area contributed by atoms with Gasteiger partial charge in [-0.3, -0.25) is 9.78 Å². The molecule has 0 radical (unpaired) electrons. The number of hydrogen-bond donors (Lipinski definition) is 1. The largest absolute Gasteiger partial charge is 0.353 e. The lowest BCUT2D eigenvalue weighted by Crippen LogP contribution is -2.17. The van der Waals surface area contributed by atoms with E-state index in [0.717, 1.165) is 37.5 Å². The van der Waals surface area contributed by atoms with E-state index in [1.54, 1.807) is 11.1 Å². The van der Waals surface area contributed by atoms with Gasteiger partial charge in [-0.1, -0.05) is 0 Å². The van der Waals surface area contributed by atoms with Crippen molar-refractivity contribution in [2.24, 2.45) is 0 Å². The van der Waals surface area contributed by atoms with Gasteiger partial charge in [-0.05, 0) is 39.7 Å². The summed E-state index contributed by atoms with van der Waals surface area (Å²) in [7, 11) is 1.83. The van der Waals surface area contributed by atoms with Crippen LogP contribution in [0.1, 0.15) is 15.9 Å². The summed E-state index contributed by atoms with van der Waals surface area (Å²) in [6, 6.07) is 5.87. The second-order valence-corrected chi connectivity index (χ2v) is 5.77. The van der Waals surface area contributed by atoms with E-state index in [1.165, 1.54) is 0 Å². The van der Waals surface area contributed by atoms with E-state index < -0.39 is 0 Å². The van der Waals surface area contributed by atoms with E-state index in [9.17, 15) is 4.79 Å². The number of pyridine rings is 1. The van der Waals surface area contributed by atoms with Crippen LogP contribution in [0, 0.1) is 0 Å². The number of benzene rings is 1. The second-order valence-electron chi connectivity index (χ2n) is 4.85. The van der Waals surface area contributed by atoms with Gasteiger partial charge >= 0.3 is 0 Å². The lowest BCUT2D eigenvalue weighted by Gasteiger charge is -2.04. The highest BCUT2D eigenvalue weighted by molar-refractivity contribution is 9.10. The molecule has 19 heavy (non-hydrogen) atoms. The number of fused-ring (bicyclic) bond motifs is 5. The number of H-pyrrole nitrogens is 1. The zero-order chi connectivity index (χ0) is 13.1. The normalized spacial score (nSPS) is 14.6. The number of rotatable bonds is 0. The maximum Gasteiger partial charge on any atom is 0.254 e. The van der Waals surface area contributed by atoms with Gasteiger partial charge in [0.2, 0.25) is 0 Å². The molecule has 0 unspecified atom stereocenters. The van der Waals surface area contributed by atoms with Crippen LogP contribution < -0.4 is 0 Å². The van der Waals surface area contributed by atoms with Gasteiger partial charge in [-0.2, -0.15) is 0 Å². The highest BCUT2D eigenvalue weighted by atomic mass is 79.9. The number of halogens is 1. The number of carbonyl (C=O) groups excluding carboxylic acids is 1. The van der Waals surface area contributed by atoms with E-state index in [0.29, 0.717) is 6.54 Å². The van der Waals surface area contributed by atoms with Gasteiger partial charge in [-0.15, -0.1) is 0 Å². The van der Waals surface area contributed by atoms with Crippen molar-refractivity contribution in [1.82, 2.24) is 14.9 Å². The number of nitrogens with zero attached hydrogens (tertiary/aromatic N) is 2. The molecule has 0 saturated heterocycles. The first-order valence-corrected chi connectivity index (χ1v) is 6.79. The van der Waals surface area contributed by atoms with Gasteiger partial charge in [0.15, 0.2) is 0 Å². The fourth-order valence-corrected chi connectivity index (χ4v) is 3.11. The Balaban J connectivity index is 2.17. The van der Waals surface area contributed by atoms with E-state index in [-0.39, 0.29) is 5.91 Å². The molecule has 5 heteroatoms. The number of hydrogen-bond acceptors (Lipinski definition) is 2. The summed E-state index contributed by atoms with van der Waals surface area (Å²) in [5.41, 5.74) is 4.81. The summed E-state index contributed by atoms with van der Waals surface area (Å²) in [6.45, 7) is 0.649. The molecule has 1 aliphatic rings. The van der Waals surface area contributed by atoms with E-state index in [4.69, 9.17) is 0 Å². The Bertz CT molecular complexity index is 853. The average Bonchev–Trinajstić information content (AvgIpc) is 2.88. The van der Waals surface area contributed by atoms with Crippen molar-refractivity contribution in [1.29, 1.82) is 0 Å². The van der Waals surface area contributed by atoms with E-state index >= 15 is 0 Å². The summed E-state index contributed by atoms with van der Waals surface area (Å²) in [6.07, 6.45) is 1.79. The number of aromatic nitrogens is 2. The number of nitrogens with one attached hydrogen (secondary N) is 1. The third-order valence-corrected chi connectivity index (χ3v) is 4.08. The van der Waals surface area contributed by atoms with Crippen LogP contribution in [-0.2, 0) is 6.54 Å². The molecular weight excluding hydrogens is 306 g/mol. The minimum Gasteiger partial charge on any atom is -0.353 e. The fourth-order valence-electron chi connectivity index (χ4n) is 2.78. The molecular formula is C14H10BrN3O. The molecule has 0 spiro atoms. The number of carbonyl (C=O) groups is 1. The Labute approximate surface area is 117 Å². The zero-order valence-electron chi connectivity index (χ0n) is 10.2. The summed E-state index contributed by atoms with van der Waals surface area (Å²) < 4.78 is 0.941. The van der Waals surface area contributed by atoms with Crippen LogP contribution in [0.5, 0.6) is 0 Å². The fraction of sp³-hybridized carbons (Fsp3) is 0.143. The standard InChI is InChI=1S/C14H10BrN3O/c1-18-6-9-8(14(18)19)2-3-10-12(9)13-11(17-10)4-7(15)5-16-13/h2-5,17H,6H2,1H3. The van der Waals surface area contributed by atoms with Crippen LogP contribution in [0.25, 0.3) is 21.9 Å². The van der Waals surface area contributed by atoms with Gasteiger partial charge in [-0.25, -0.2) is 0 Å². The summed E-state index contributed by atoms with van der Waals surface area (Å²) >= 11 is 3.43. The van der Waals surface area contributed by atoms with Crippen molar-refractivity contribution in [2.75, 3.05) is 7.05 Å². The van der Waals surface area contributed by atoms with E-state index in [1.807, 2.05) is 25.2 Å². The first kappa shape index (κ1) is 11.0. The Morgan fingerprint density at radius 1 is 1.37 bits per heavy atom. The molecule has 2 aromatic heterocycles. The number of aromatic amines is 1. The van der Waals surface area contributed by atoms with Crippen LogP contribution in [0.2, 0.25) is 0 Å². The molecule has 0 bridgehead atoms. The second kappa shape index (κ2) is 3.57. The molecule has 1 amide bonds. The first-order chi connectivity index (χ1) is 9.15. The predicted octanol–water partition coefficient (Wildman–Crippen LogP) is 3.06. The van der Waals surface area contributed by atoms with Crippen molar-refractivity contribution in [2.45, 2.75) is 6.54 Å². The maximum absolute atomic E-state index is 12.0. The van der Waals surface area contributed by atoms with Crippen LogP contribution in [-0.4, -0.2) is 27.8 Å². The van der Waals surface area contributed by atoms with Gasteiger partial charge in [0.1, 0.15) is 0 Å². The molecule has 0 saturated carbocycles. The van der Waals surface area contributed by atoms with Gasteiger partial charge in [0.25, 0.3) is 5.91 Å². The van der Waals surface area contributed by atoms with Gasteiger partial charge < -0.3 is 9.88 Å². The first-order valence-electron chi connectivity index (χ1n) is 5.99. The summed E-state index contributed by atoms with van der Waals surface area (Å²) in [5, 5.41) is 1.07. The Hall–Kier alpha value is -1.88. The van der Waals surface area contributed by atoms with Crippen molar-refractivity contribution in [3.63, 3.8) is 0 Å². The van der Waals surface area contributed by atoms with Crippen molar-refractivity contribution >= 4 is 43.8 Å². The minimum absolute atomic E-state index is 0.0864. The number of amides is 1. The molecule has 4 rings (SSSR count). The Morgan fingerprint density at radius 2 is 2.21 bits per heavy atom. The molecule has 0 atom stereocenters. The van der Waals surface area contributed by atoms with Crippen LogP contribution in [0.3, 0.4) is 0 Å². The average molecular weight is 316 g/mol. The van der Waals surface area contributed by atoms with Crippen molar-refractivity contribution < 1.29 is 4.79 Å². The topological polar surface area (TPSA) is 49.0 Å². The SMILES string of the molecule is CN1Cc2c(ccc3[nH]c4cc(Br)cnc4c23)C1=O. The molecule has 1 aliphatic heterocycles. The minimum atomic E-state index is 0.0864. The molecule has 3 aromatic rings. The van der Waals surface area contributed by atoms with Crippen molar-refractivity contribution in [3.8, 4) is 0 Å². The lowest BCUT2D eigenvalue weighted by atomic mass is 10.0. The molecule has 1 aromatic carbocycles. The summed E-state index contributed by atoms with van der Waals surface area (Å²) in [4.78, 5) is 21.6. The monoisotopic (exact) mass is 315 g/mol. The quantitative estimate of drug-likeness (QED) is 0.693. The molecule has 3 heterocycles. The Morgan fingerprint density at radius 3 is 3.05 bits per heavy atom. The Kier molecular flexibility index (Phi) is 2.07. The maximum atomic E-state index is 12.0. The lowest BCUT2D eigenvalue weighted by molar-refractivity contribution is 0.0816. The van der Waals surface area contributed by atoms with Gasteiger partial charge in [0, 0.05) is 40.7 Å². The van der Waals surface area contributed by atoms with Crippen LogP contribution in [0.15, 0.2) is 28.9 Å². The van der Waals surface area contributed by atoms with Crippen molar-refractivity contribution in [3.05, 3.63) is 40.0 Å². The molecule has 4 nitrogen and oxygen atoms in total. The van der Waals surface area contributed by atoms with E-state index in [2.05, 4.69) is 25.9 Å². The predicted molar refractivity (Wildman–Crippen MR) is 77.1 cm³/mol. The highest BCUT2D eigenvalue weighted by Gasteiger charge is 2.27. The third kappa shape index (κ3) is 1.39. The molecule has 1 N–H and O–H groups in total. The molecule has 0 fully saturated rings. The van der Waals surface area contributed by atoms with Crippen LogP contribution in [0.4, 0.5) is 0 Å². The highest BCUT2D eigenvalue weighted by Crippen LogP contribution is 2.34. The summed E-state index contributed by atoms with van der Waals surface area (Å²) in [5.74, 6) is 0.0864. The molecule has 94 valence electrons. The zero-order valence-corrected chi connectivity index (χ0v) is 11.8. The smallest absolute Gasteiger partial charge is 0.254 e. The van der Waals surface area contributed by atoms with Gasteiger partial charge in [0.05, 0.1) is 11.0 Å².